The summed E-state index contributed by atoms with van der Waals surface area (Å²) in [4.78, 5) is 0. The van der Waals surface area contributed by atoms with Crippen LogP contribution in [0.25, 0.3) is 0 Å². The predicted octanol–water partition coefficient (Wildman–Crippen LogP) is 2.93. The Hall–Kier alpha value is -0.830. The molecule has 1 heterocycles. The van der Waals surface area contributed by atoms with Crippen molar-refractivity contribution >= 4 is 17.4 Å². The van der Waals surface area contributed by atoms with Crippen molar-refractivity contribution in [3.8, 4) is 0 Å². The maximum atomic E-state index is 5.68. The quantitative estimate of drug-likeness (QED) is 0.760. The van der Waals surface area contributed by atoms with Crippen LogP contribution in [0.5, 0.6) is 0 Å². The van der Waals surface area contributed by atoms with Gasteiger partial charge in [-0.2, -0.15) is 5.10 Å². The second kappa shape index (κ2) is 5.91. The van der Waals surface area contributed by atoms with Gasteiger partial charge in [0.1, 0.15) is 5.82 Å². The summed E-state index contributed by atoms with van der Waals surface area (Å²) >= 11 is 5.68. The molecule has 1 N–H and O–H groups in total. The van der Waals surface area contributed by atoms with Gasteiger partial charge in [0.15, 0.2) is 0 Å². The van der Waals surface area contributed by atoms with E-state index >= 15 is 0 Å². The van der Waals surface area contributed by atoms with Crippen LogP contribution in [0.4, 0.5) is 5.82 Å². The van der Waals surface area contributed by atoms with Gasteiger partial charge in [-0.05, 0) is 30.4 Å². The summed E-state index contributed by atoms with van der Waals surface area (Å²) in [5.74, 6) is 1.56. The Morgan fingerprint density at radius 3 is 2.87 bits per heavy atom. The second-order valence-corrected chi connectivity index (χ2v) is 4.80. The molecule has 0 aliphatic carbocycles. The molecule has 0 radical (unpaired) electrons. The molecular formula is C11H18ClN3. The summed E-state index contributed by atoms with van der Waals surface area (Å²) in [6.07, 6.45) is 3.84. The molecule has 4 heteroatoms. The largest absolute Gasteiger partial charge is 0.368 e. The van der Waals surface area contributed by atoms with E-state index in [2.05, 4.69) is 29.4 Å². The van der Waals surface area contributed by atoms with E-state index in [1.807, 2.05) is 12.1 Å². The minimum Gasteiger partial charge on any atom is -0.368 e. The van der Waals surface area contributed by atoms with Crippen LogP contribution in [-0.4, -0.2) is 22.6 Å². The number of aromatic nitrogens is 2. The van der Waals surface area contributed by atoms with E-state index in [9.17, 15) is 0 Å². The maximum Gasteiger partial charge on any atom is 0.148 e. The molecule has 0 fully saturated rings. The van der Waals surface area contributed by atoms with Crippen molar-refractivity contribution in [1.82, 2.24) is 10.2 Å². The molecule has 0 aliphatic rings. The third-order valence-corrected chi connectivity index (χ3v) is 2.57. The molecule has 0 bridgehead atoms. The fourth-order valence-corrected chi connectivity index (χ4v) is 1.49. The topological polar surface area (TPSA) is 37.8 Å². The lowest BCUT2D eigenvalue weighted by molar-refractivity contribution is 0.355. The van der Waals surface area contributed by atoms with Crippen LogP contribution < -0.4 is 5.32 Å². The molecule has 3 nitrogen and oxygen atoms in total. The zero-order valence-electron chi connectivity index (χ0n) is 9.33. The Morgan fingerprint density at radius 2 is 2.27 bits per heavy atom. The van der Waals surface area contributed by atoms with Crippen LogP contribution in [0.1, 0.15) is 26.7 Å². The average molecular weight is 228 g/mol. The lowest BCUT2D eigenvalue weighted by atomic mass is 9.88. The van der Waals surface area contributed by atoms with Gasteiger partial charge in [0, 0.05) is 18.6 Å². The molecule has 0 amide bonds. The highest BCUT2D eigenvalue weighted by Gasteiger charge is 2.16. The molecule has 1 aromatic rings. The van der Waals surface area contributed by atoms with Gasteiger partial charge in [-0.25, -0.2) is 0 Å². The van der Waals surface area contributed by atoms with E-state index < -0.39 is 0 Å². The highest BCUT2D eigenvalue weighted by Crippen LogP contribution is 2.22. The first-order valence-electron chi connectivity index (χ1n) is 5.22. The monoisotopic (exact) mass is 227 g/mol. The zero-order chi connectivity index (χ0) is 11.1. The zero-order valence-corrected chi connectivity index (χ0v) is 10.1. The Morgan fingerprint density at radius 1 is 1.47 bits per heavy atom. The summed E-state index contributed by atoms with van der Waals surface area (Å²) in [6.45, 7) is 5.34. The first-order chi connectivity index (χ1) is 7.14. The molecule has 0 unspecified atom stereocenters. The van der Waals surface area contributed by atoms with Gasteiger partial charge in [0.2, 0.25) is 0 Å². The van der Waals surface area contributed by atoms with Crippen LogP contribution in [0.2, 0.25) is 0 Å². The Kier molecular flexibility index (Phi) is 4.82. The van der Waals surface area contributed by atoms with E-state index in [4.69, 9.17) is 11.6 Å². The first-order valence-corrected chi connectivity index (χ1v) is 5.75. The van der Waals surface area contributed by atoms with Crippen molar-refractivity contribution in [1.29, 1.82) is 0 Å². The third-order valence-electron chi connectivity index (χ3n) is 2.31. The molecule has 84 valence electrons. The summed E-state index contributed by atoms with van der Waals surface area (Å²) in [7, 11) is 0. The van der Waals surface area contributed by atoms with Crippen LogP contribution >= 0.6 is 11.6 Å². The van der Waals surface area contributed by atoms with Gasteiger partial charge in [-0.1, -0.05) is 13.8 Å². The Balaban J connectivity index is 2.35. The summed E-state index contributed by atoms with van der Waals surface area (Å²) in [6, 6.07) is 3.80. The van der Waals surface area contributed by atoms with E-state index in [-0.39, 0.29) is 5.41 Å². The third kappa shape index (κ3) is 4.98. The highest BCUT2D eigenvalue weighted by molar-refractivity contribution is 6.17. The van der Waals surface area contributed by atoms with Crippen LogP contribution in [0, 0.1) is 5.41 Å². The van der Waals surface area contributed by atoms with Crippen LogP contribution in [0.3, 0.4) is 0 Å². The minimum atomic E-state index is 0.242. The normalized spacial score (nSPS) is 11.4. The molecule has 0 aliphatic heterocycles. The number of alkyl halides is 1. The molecule has 0 saturated heterocycles. The Labute approximate surface area is 96.2 Å². The van der Waals surface area contributed by atoms with Crippen LogP contribution in [0.15, 0.2) is 18.3 Å². The molecule has 0 saturated carbocycles. The SMILES string of the molecule is CC(C)(CCCCl)CNc1cccnn1. The van der Waals surface area contributed by atoms with E-state index in [0.29, 0.717) is 0 Å². The van der Waals surface area contributed by atoms with Crippen molar-refractivity contribution in [2.24, 2.45) is 5.41 Å². The first kappa shape index (κ1) is 12.2. The minimum absolute atomic E-state index is 0.242. The van der Waals surface area contributed by atoms with Crippen molar-refractivity contribution in [2.75, 3.05) is 17.7 Å². The van der Waals surface area contributed by atoms with Gasteiger partial charge < -0.3 is 5.32 Å². The summed E-state index contributed by atoms with van der Waals surface area (Å²) in [5, 5.41) is 11.1. The van der Waals surface area contributed by atoms with Crippen molar-refractivity contribution in [3.05, 3.63) is 18.3 Å². The Bertz CT molecular complexity index is 274. The van der Waals surface area contributed by atoms with Gasteiger partial charge in [-0.15, -0.1) is 16.7 Å². The molecule has 1 rings (SSSR count). The fourth-order valence-electron chi connectivity index (χ4n) is 1.36. The van der Waals surface area contributed by atoms with Crippen molar-refractivity contribution in [3.63, 3.8) is 0 Å². The molecule has 0 aromatic carbocycles. The molecule has 0 spiro atoms. The highest BCUT2D eigenvalue weighted by atomic mass is 35.5. The lowest BCUT2D eigenvalue weighted by Gasteiger charge is -2.24. The average Bonchev–Trinajstić information content (AvgIpc) is 2.25. The molecule has 15 heavy (non-hydrogen) atoms. The number of hydrogen-bond donors (Lipinski definition) is 1. The molecule has 1 aromatic heterocycles. The number of halogens is 1. The lowest BCUT2D eigenvalue weighted by Crippen LogP contribution is -2.23. The van der Waals surface area contributed by atoms with Gasteiger partial charge in [0.05, 0.1) is 0 Å². The standard InChI is InChI=1S/C11H18ClN3/c1-11(2,6-4-7-12)9-13-10-5-3-8-14-15-10/h3,5,8H,4,6-7,9H2,1-2H3,(H,13,15). The number of rotatable bonds is 6. The number of nitrogens with one attached hydrogen (secondary N) is 1. The maximum absolute atomic E-state index is 5.68. The molecular weight excluding hydrogens is 210 g/mol. The fraction of sp³-hybridized carbons (Fsp3) is 0.636. The van der Waals surface area contributed by atoms with Gasteiger partial charge in [0.25, 0.3) is 0 Å². The van der Waals surface area contributed by atoms with Crippen LogP contribution in [-0.2, 0) is 0 Å². The summed E-state index contributed by atoms with van der Waals surface area (Å²) in [5.41, 5.74) is 0.242. The molecule has 0 atom stereocenters. The summed E-state index contributed by atoms with van der Waals surface area (Å²) < 4.78 is 0. The number of nitrogens with zero attached hydrogens (tertiary/aromatic N) is 2. The van der Waals surface area contributed by atoms with Crippen molar-refractivity contribution in [2.45, 2.75) is 26.7 Å². The number of anilines is 1. The van der Waals surface area contributed by atoms with E-state index in [1.165, 1.54) is 0 Å². The smallest absolute Gasteiger partial charge is 0.148 e. The van der Waals surface area contributed by atoms with Gasteiger partial charge >= 0.3 is 0 Å². The number of hydrogen-bond acceptors (Lipinski definition) is 3. The van der Waals surface area contributed by atoms with Gasteiger partial charge in [-0.3, -0.25) is 0 Å². The van der Waals surface area contributed by atoms with E-state index in [1.54, 1.807) is 6.20 Å². The van der Waals surface area contributed by atoms with E-state index in [0.717, 1.165) is 31.1 Å². The van der Waals surface area contributed by atoms with Crippen molar-refractivity contribution < 1.29 is 0 Å². The second-order valence-electron chi connectivity index (χ2n) is 4.42. The predicted molar refractivity (Wildman–Crippen MR) is 64.3 cm³/mol.